The van der Waals surface area contributed by atoms with Gasteiger partial charge in [-0.2, -0.15) is 0 Å². The summed E-state index contributed by atoms with van der Waals surface area (Å²) in [5.74, 6) is 0.169. The van der Waals surface area contributed by atoms with E-state index in [1.165, 1.54) is 32.2 Å². The number of likely N-dealkylation sites (N-methyl/N-ethyl adjacent to an activating group) is 1. The molecular formula is C14H27N3O. The standard InChI is InChI=1S/C14H27N3O/c1-11(14(18)16-12-6-3-4-7-12)15-10-13-8-5-9-17(13)2/h11-13,15H,3-10H2,1-2H3,(H,16,18). The van der Waals surface area contributed by atoms with Crippen molar-refractivity contribution in [3.8, 4) is 0 Å². The Hall–Kier alpha value is -0.610. The van der Waals surface area contributed by atoms with E-state index in [4.69, 9.17) is 0 Å². The van der Waals surface area contributed by atoms with E-state index in [-0.39, 0.29) is 11.9 Å². The maximum Gasteiger partial charge on any atom is 0.237 e. The van der Waals surface area contributed by atoms with Crippen LogP contribution in [0, 0.1) is 0 Å². The second-order valence-electron chi connectivity index (χ2n) is 5.90. The summed E-state index contributed by atoms with van der Waals surface area (Å²) in [6.07, 6.45) is 7.37. The monoisotopic (exact) mass is 253 g/mol. The van der Waals surface area contributed by atoms with Crippen molar-refractivity contribution in [2.45, 2.75) is 63.6 Å². The third-order valence-corrected chi connectivity index (χ3v) is 4.43. The number of carbonyl (C=O) groups is 1. The zero-order valence-electron chi connectivity index (χ0n) is 11.7. The van der Waals surface area contributed by atoms with Crippen LogP contribution in [0.5, 0.6) is 0 Å². The van der Waals surface area contributed by atoms with E-state index in [2.05, 4.69) is 22.6 Å². The molecule has 0 bridgehead atoms. The molecule has 1 saturated carbocycles. The topological polar surface area (TPSA) is 44.4 Å². The molecule has 2 unspecified atom stereocenters. The van der Waals surface area contributed by atoms with Crippen LogP contribution in [0.15, 0.2) is 0 Å². The van der Waals surface area contributed by atoms with Crippen LogP contribution in [-0.2, 0) is 4.79 Å². The summed E-state index contributed by atoms with van der Waals surface area (Å²) in [7, 11) is 2.17. The molecule has 18 heavy (non-hydrogen) atoms. The fraction of sp³-hybridized carbons (Fsp3) is 0.929. The predicted molar refractivity (Wildman–Crippen MR) is 73.5 cm³/mol. The van der Waals surface area contributed by atoms with Gasteiger partial charge in [-0.05, 0) is 46.2 Å². The van der Waals surface area contributed by atoms with Gasteiger partial charge < -0.3 is 15.5 Å². The molecular weight excluding hydrogens is 226 g/mol. The van der Waals surface area contributed by atoms with Crippen LogP contribution in [-0.4, -0.2) is 49.1 Å². The van der Waals surface area contributed by atoms with Crippen molar-refractivity contribution < 1.29 is 4.79 Å². The number of hydrogen-bond acceptors (Lipinski definition) is 3. The Kier molecular flexibility index (Phi) is 5.01. The molecule has 2 aliphatic rings. The molecule has 0 aromatic heterocycles. The van der Waals surface area contributed by atoms with E-state index in [1.54, 1.807) is 0 Å². The Morgan fingerprint density at radius 1 is 1.28 bits per heavy atom. The molecule has 104 valence electrons. The molecule has 0 radical (unpaired) electrons. The van der Waals surface area contributed by atoms with Crippen molar-refractivity contribution in [3.05, 3.63) is 0 Å². The van der Waals surface area contributed by atoms with Crippen LogP contribution in [0.3, 0.4) is 0 Å². The minimum absolute atomic E-state index is 0.0698. The van der Waals surface area contributed by atoms with E-state index in [9.17, 15) is 4.79 Å². The van der Waals surface area contributed by atoms with Gasteiger partial charge in [-0.25, -0.2) is 0 Å². The molecule has 0 aromatic carbocycles. The second-order valence-corrected chi connectivity index (χ2v) is 5.90. The summed E-state index contributed by atoms with van der Waals surface area (Å²) in [4.78, 5) is 14.4. The van der Waals surface area contributed by atoms with Crippen molar-refractivity contribution >= 4 is 5.91 Å². The third kappa shape index (κ3) is 3.69. The number of rotatable bonds is 5. The molecule has 2 atom stereocenters. The highest BCUT2D eigenvalue weighted by atomic mass is 16.2. The molecule has 1 aliphatic carbocycles. The molecule has 2 rings (SSSR count). The summed E-state index contributed by atoms with van der Waals surface area (Å²) < 4.78 is 0. The van der Waals surface area contributed by atoms with E-state index >= 15 is 0 Å². The average molecular weight is 253 g/mol. The van der Waals surface area contributed by atoms with Crippen LogP contribution in [0.2, 0.25) is 0 Å². The Morgan fingerprint density at radius 2 is 2.00 bits per heavy atom. The number of amides is 1. The maximum absolute atomic E-state index is 12.0. The SMILES string of the molecule is CC(NCC1CCCN1C)C(=O)NC1CCCC1. The van der Waals surface area contributed by atoms with Crippen LogP contribution >= 0.6 is 0 Å². The first-order valence-corrected chi connectivity index (χ1v) is 7.41. The summed E-state index contributed by atoms with van der Waals surface area (Å²) >= 11 is 0. The number of nitrogens with zero attached hydrogens (tertiary/aromatic N) is 1. The molecule has 1 heterocycles. The molecule has 1 aliphatic heterocycles. The van der Waals surface area contributed by atoms with E-state index in [0.29, 0.717) is 12.1 Å². The van der Waals surface area contributed by atoms with Gasteiger partial charge in [-0.1, -0.05) is 12.8 Å². The lowest BCUT2D eigenvalue weighted by Crippen LogP contribution is -2.48. The van der Waals surface area contributed by atoms with Crippen LogP contribution in [0.4, 0.5) is 0 Å². The summed E-state index contributed by atoms with van der Waals surface area (Å²) in [6.45, 7) is 4.09. The minimum Gasteiger partial charge on any atom is -0.352 e. The normalized spacial score (nSPS) is 27.6. The fourth-order valence-electron chi connectivity index (χ4n) is 3.04. The summed E-state index contributed by atoms with van der Waals surface area (Å²) in [5.41, 5.74) is 0. The van der Waals surface area contributed by atoms with Crippen LogP contribution < -0.4 is 10.6 Å². The van der Waals surface area contributed by atoms with Gasteiger partial charge in [0.2, 0.25) is 5.91 Å². The molecule has 0 aromatic rings. The van der Waals surface area contributed by atoms with E-state index < -0.39 is 0 Å². The van der Waals surface area contributed by atoms with Gasteiger partial charge in [0, 0.05) is 18.6 Å². The molecule has 2 fully saturated rings. The van der Waals surface area contributed by atoms with Crippen molar-refractivity contribution in [3.63, 3.8) is 0 Å². The van der Waals surface area contributed by atoms with Gasteiger partial charge in [-0.15, -0.1) is 0 Å². The second kappa shape index (κ2) is 6.53. The Bertz CT molecular complexity index is 276. The zero-order chi connectivity index (χ0) is 13.0. The summed E-state index contributed by atoms with van der Waals surface area (Å²) in [5, 5.41) is 6.53. The van der Waals surface area contributed by atoms with Crippen molar-refractivity contribution in [2.24, 2.45) is 0 Å². The Balaban J connectivity index is 1.66. The van der Waals surface area contributed by atoms with Gasteiger partial charge in [0.1, 0.15) is 0 Å². The third-order valence-electron chi connectivity index (χ3n) is 4.43. The first-order valence-electron chi connectivity index (χ1n) is 7.41. The molecule has 1 saturated heterocycles. The molecule has 2 N–H and O–H groups in total. The highest BCUT2D eigenvalue weighted by Crippen LogP contribution is 2.17. The van der Waals surface area contributed by atoms with Gasteiger partial charge in [0.25, 0.3) is 0 Å². The minimum atomic E-state index is -0.0698. The van der Waals surface area contributed by atoms with Crippen molar-refractivity contribution in [2.75, 3.05) is 20.1 Å². The van der Waals surface area contributed by atoms with E-state index in [0.717, 1.165) is 19.4 Å². The van der Waals surface area contributed by atoms with Crippen LogP contribution in [0.25, 0.3) is 0 Å². The lowest BCUT2D eigenvalue weighted by atomic mass is 10.2. The number of nitrogens with one attached hydrogen (secondary N) is 2. The van der Waals surface area contributed by atoms with Gasteiger partial charge in [0.05, 0.1) is 6.04 Å². The lowest BCUT2D eigenvalue weighted by molar-refractivity contribution is -0.123. The fourth-order valence-corrected chi connectivity index (χ4v) is 3.04. The number of likely N-dealkylation sites (tertiary alicyclic amines) is 1. The van der Waals surface area contributed by atoms with Gasteiger partial charge in [-0.3, -0.25) is 4.79 Å². The number of carbonyl (C=O) groups excluding carboxylic acids is 1. The van der Waals surface area contributed by atoms with Gasteiger partial charge in [0.15, 0.2) is 0 Å². The van der Waals surface area contributed by atoms with E-state index in [1.807, 2.05) is 6.92 Å². The number of hydrogen-bond donors (Lipinski definition) is 2. The van der Waals surface area contributed by atoms with Crippen LogP contribution in [0.1, 0.15) is 45.4 Å². The molecule has 4 heteroatoms. The molecule has 4 nitrogen and oxygen atoms in total. The summed E-state index contributed by atoms with van der Waals surface area (Å²) in [6, 6.07) is 0.960. The molecule has 1 amide bonds. The molecule has 0 spiro atoms. The lowest BCUT2D eigenvalue weighted by Gasteiger charge is -2.23. The van der Waals surface area contributed by atoms with Gasteiger partial charge >= 0.3 is 0 Å². The zero-order valence-corrected chi connectivity index (χ0v) is 11.7. The average Bonchev–Trinajstić information content (AvgIpc) is 2.98. The first-order chi connectivity index (χ1) is 8.66. The van der Waals surface area contributed by atoms with Crippen molar-refractivity contribution in [1.29, 1.82) is 0 Å². The maximum atomic E-state index is 12.0. The largest absolute Gasteiger partial charge is 0.352 e. The highest BCUT2D eigenvalue weighted by Gasteiger charge is 2.24. The Morgan fingerprint density at radius 3 is 2.61 bits per heavy atom. The quantitative estimate of drug-likeness (QED) is 0.771. The smallest absolute Gasteiger partial charge is 0.237 e. The first kappa shape index (κ1) is 13.8. The Labute approximate surface area is 110 Å². The highest BCUT2D eigenvalue weighted by molar-refractivity contribution is 5.81. The van der Waals surface area contributed by atoms with Crippen molar-refractivity contribution in [1.82, 2.24) is 15.5 Å². The predicted octanol–water partition coefficient (Wildman–Crippen LogP) is 1.12.